The first-order valence-electron chi connectivity index (χ1n) is 7.52. The lowest BCUT2D eigenvalue weighted by Gasteiger charge is -2.23. The summed E-state index contributed by atoms with van der Waals surface area (Å²) in [5, 5.41) is 0. The Kier molecular flexibility index (Phi) is 4.49. The molecule has 2 saturated heterocycles. The third-order valence-corrected chi connectivity index (χ3v) is 4.28. The first-order valence-corrected chi connectivity index (χ1v) is 7.52. The number of ether oxygens (including phenoxy) is 1. The maximum atomic E-state index is 5.66. The molecule has 2 heterocycles. The van der Waals surface area contributed by atoms with Crippen LogP contribution in [0.1, 0.15) is 30.9 Å². The van der Waals surface area contributed by atoms with Crippen LogP contribution >= 0.6 is 0 Å². The van der Waals surface area contributed by atoms with Gasteiger partial charge in [-0.1, -0.05) is 30.3 Å². The summed E-state index contributed by atoms with van der Waals surface area (Å²) >= 11 is 0. The van der Waals surface area contributed by atoms with Gasteiger partial charge in [0.05, 0.1) is 19.4 Å². The number of hydrogen-bond acceptors (Lipinski definition) is 3. The molecule has 2 aliphatic heterocycles. The van der Waals surface area contributed by atoms with Gasteiger partial charge in [-0.25, -0.2) is 0 Å². The number of likely N-dealkylation sites (tertiary alicyclic amines) is 1. The van der Waals surface area contributed by atoms with Gasteiger partial charge in [-0.2, -0.15) is 0 Å². The molecule has 0 bridgehead atoms. The lowest BCUT2D eigenvalue weighted by molar-refractivity contribution is 0.134. The van der Waals surface area contributed by atoms with Crippen LogP contribution in [0.3, 0.4) is 0 Å². The van der Waals surface area contributed by atoms with Crippen molar-refractivity contribution in [2.24, 2.45) is 0 Å². The van der Waals surface area contributed by atoms with Crippen LogP contribution in [0, 0.1) is 0 Å². The van der Waals surface area contributed by atoms with E-state index in [9.17, 15) is 0 Å². The van der Waals surface area contributed by atoms with Gasteiger partial charge >= 0.3 is 0 Å². The van der Waals surface area contributed by atoms with Crippen molar-refractivity contribution in [2.45, 2.75) is 25.3 Å². The molecule has 3 heteroatoms. The normalized spacial score (nSPS) is 25.2. The molecule has 0 aliphatic carbocycles. The van der Waals surface area contributed by atoms with E-state index in [2.05, 4.69) is 40.1 Å². The van der Waals surface area contributed by atoms with E-state index in [0.717, 1.165) is 19.9 Å². The van der Waals surface area contributed by atoms with E-state index in [4.69, 9.17) is 4.74 Å². The van der Waals surface area contributed by atoms with Crippen LogP contribution in [-0.2, 0) is 4.74 Å². The Labute approximate surface area is 116 Å². The van der Waals surface area contributed by atoms with Crippen molar-refractivity contribution in [1.82, 2.24) is 9.80 Å². The van der Waals surface area contributed by atoms with Gasteiger partial charge < -0.3 is 9.64 Å². The Morgan fingerprint density at radius 3 is 2.63 bits per heavy atom. The summed E-state index contributed by atoms with van der Waals surface area (Å²) < 4.78 is 5.66. The second kappa shape index (κ2) is 6.51. The van der Waals surface area contributed by atoms with Crippen LogP contribution < -0.4 is 0 Å². The van der Waals surface area contributed by atoms with Gasteiger partial charge in [0, 0.05) is 6.54 Å². The highest BCUT2D eigenvalue weighted by Gasteiger charge is 2.26. The minimum atomic E-state index is 0.458. The summed E-state index contributed by atoms with van der Waals surface area (Å²) in [5.74, 6) is 0. The molecule has 3 rings (SSSR count). The third-order valence-electron chi connectivity index (χ3n) is 4.28. The number of hydrogen-bond donors (Lipinski definition) is 0. The predicted molar refractivity (Wildman–Crippen MR) is 77.0 cm³/mol. The SMILES string of the molecule is c1ccc([C@@H]2COCN2CCCN2CCCC2)cc1. The van der Waals surface area contributed by atoms with Crippen molar-refractivity contribution < 1.29 is 4.74 Å². The van der Waals surface area contributed by atoms with Crippen molar-refractivity contribution in [3.05, 3.63) is 35.9 Å². The molecular weight excluding hydrogens is 236 g/mol. The van der Waals surface area contributed by atoms with Crippen molar-refractivity contribution in [1.29, 1.82) is 0 Å². The zero-order valence-electron chi connectivity index (χ0n) is 11.6. The summed E-state index contributed by atoms with van der Waals surface area (Å²) in [6, 6.07) is 11.2. The van der Waals surface area contributed by atoms with Gasteiger partial charge in [-0.15, -0.1) is 0 Å². The largest absolute Gasteiger partial charge is 0.364 e. The van der Waals surface area contributed by atoms with Crippen LogP contribution in [0.2, 0.25) is 0 Å². The van der Waals surface area contributed by atoms with E-state index in [1.165, 1.54) is 44.5 Å². The summed E-state index contributed by atoms with van der Waals surface area (Å²) in [6.45, 7) is 6.64. The van der Waals surface area contributed by atoms with Crippen molar-refractivity contribution in [3.63, 3.8) is 0 Å². The number of benzene rings is 1. The average molecular weight is 260 g/mol. The Balaban J connectivity index is 1.49. The molecule has 2 fully saturated rings. The van der Waals surface area contributed by atoms with Crippen molar-refractivity contribution >= 4 is 0 Å². The molecule has 1 atom stereocenters. The molecule has 0 saturated carbocycles. The van der Waals surface area contributed by atoms with Crippen LogP contribution in [0.25, 0.3) is 0 Å². The van der Waals surface area contributed by atoms with Crippen LogP contribution in [-0.4, -0.2) is 49.3 Å². The van der Waals surface area contributed by atoms with Gasteiger partial charge in [0.15, 0.2) is 0 Å². The second-order valence-electron chi connectivity index (χ2n) is 5.64. The summed E-state index contributed by atoms with van der Waals surface area (Å²) in [4.78, 5) is 5.07. The van der Waals surface area contributed by atoms with Gasteiger partial charge in [-0.3, -0.25) is 4.90 Å². The van der Waals surface area contributed by atoms with Crippen LogP contribution in [0.15, 0.2) is 30.3 Å². The maximum Gasteiger partial charge on any atom is 0.0997 e. The highest BCUT2D eigenvalue weighted by atomic mass is 16.5. The smallest absolute Gasteiger partial charge is 0.0997 e. The molecule has 0 N–H and O–H groups in total. The molecule has 0 aromatic heterocycles. The fourth-order valence-corrected chi connectivity index (χ4v) is 3.18. The van der Waals surface area contributed by atoms with E-state index in [0.29, 0.717) is 6.04 Å². The monoisotopic (exact) mass is 260 g/mol. The molecule has 104 valence electrons. The second-order valence-corrected chi connectivity index (χ2v) is 5.64. The molecule has 1 aromatic carbocycles. The van der Waals surface area contributed by atoms with E-state index in [1.54, 1.807) is 0 Å². The third kappa shape index (κ3) is 3.35. The number of rotatable bonds is 5. The Morgan fingerprint density at radius 2 is 1.84 bits per heavy atom. The summed E-state index contributed by atoms with van der Waals surface area (Å²) in [5.41, 5.74) is 1.39. The zero-order chi connectivity index (χ0) is 12.9. The zero-order valence-corrected chi connectivity index (χ0v) is 11.6. The van der Waals surface area contributed by atoms with E-state index >= 15 is 0 Å². The Bertz CT molecular complexity index is 376. The molecule has 19 heavy (non-hydrogen) atoms. The first kappa shape index (κ1) is 13.1. The minimum Gasteiger partial charge on any atom is -0.364 e. The molecule has 0 radical (unpaired) electrons. The van der Waals surface area contributed by atoms with E-state index in [1.807, 2.05) is 0 Å². The number of nitrogens with zero attached hydrogens (tertiary/aromatic N) is 2. The summed E-state index contributed by atoms with van der Waals surface area (Å²) in [7, 11) is 0. The summed E-state index contributed by atoms with van der Waals surface area (Å²) in [6.07, 6.45) is 4.03. The average Bonchev–Trinajstić information content (AvgIpc) is 3.11. The van der Waals surface area contributed by atoms with Gasteiger partial charge in [-0.05, 0) is 44.5 Å². The highest BCUT2D eigenvalue weighted by Crippen LogP contribution is 2.26. The molecule has 0 amide bonds. The van der Waals surface area contributed by atoms with Crippen molar-refractivity contribution in [3.8, 4) is 0 Å². The molecular formula is C16H24N2O. The lowest BCUT2D eigenvalue weighted by atomic mass is 10.1. The van der Waals surface area contributed by atoms with Gasteiger partial charge in [0.2, 0.25) is 0 Å². The molecule has 2 aliphatic rings. The van der Waals surface area contributed by atoms with Crippen LogP contribution in [0.4, 0.5) is 0 Å². The standard InChI is InChI=1S/C16H24N2O/c1-2-7-15(8-3-1)16-13-19-14-18(16)12-6-11-17-9-4-5-10-17/h1-3,7-8,16H,4-6,9-14H2/t16-/m0/s1. The van der Waals surface area contributed by atoms with Gasteiger partial charge in [0.1, 0.15) is 0 Å². The fourth-order valence-electron chi connectivity index (χ4n) is 3.18. The van der Waals surface area contributed by atoms with Gasteiger partial charge in [0.25, 0.3) is 0 Å². The topological polar surface area (TPSA) is 15.7 Å². The Morgan fingerprint density at radius 1 is 1.05 bits per heavy atom. The maximum absolute atomic E-state index is 5.66. The highest BCUT2D eigenvalue weighted by molar-refractivity contribution is 5.19. The predicted octanol–water partition coefficient (Wildman–Crippen LogP) is 2.50. The molecule has 0 spiro atoms. The first-order chi connectivity index (χ1) is 9.43. The molecule has 3 nitrogen and oxygen atoms in total. The lowest BCUT2D eigenvalue weighted by Crippen LogP contribution is -2.29. The molecule has 1 aromatic rings. The van der Waals surface area contributed by atoms with E-state index in [-0.39, 0.29) is 0 Å². The minimum absolute atomic E-state index is 0.458. The fraction of sp³-hybridized carbons (Fsp3) is 0.625. The Hall–Kier alpha value is -0.900. The molecule has 0 unspecified atom stereocenters. The van der Waals surface area contributed by atoms with Crippen molar-refractivity contribution in [2.75, 3.05) is 39.5 Å². The van der Waals surface area contributed by atoms with E-state index < -0.39 is 0 Å². The van der Waals surface area contributed by atoms with Crippen LogP contribution in [0.5, 0.6) is 0 Å². The quantitative estimate of drug-likeness (QED) is 0.809.